The molecule has 0 aliphatic heterocycles. The molecule has 5 heteroatoms. The van der Waals surface area contributed by atoms with E-state index in [0.717, 1.165) is 55.4 Å². The summed E-state index contributed by atoms with van der Waals surface area (Å²) in [5.74, 6) is 2.79. The summed E-state index contributed by atoms with van der Waals surface area (Å²) in [6.45, 7) is 4.64. The maximum absolute atomic E-state index is 5.39. The largest absolute Gasteiger partial charge is 0.294 e. The fourth-order valence-electron chi connectivity index (χ4n) is 8.68. The van der Waals surface area contributed by atoms with Gasteiger partial charge in [0.25, 0.3) is 0 Å². The van der Waals surface area contributed by atoms with Gasteiger partial charge in [0, 0.05) is 38.3 Å². The van der Waals surface area contributed by atoms with E-state index in [4.69, 9.17) is 19.9 Å². The summed E-state index contributed by atoms with van der Waals surface area (Å²) in [7, 11) is 0. The Kier molecular flexibility index (Phi) is 7.13. The van der Waals surface area contributed by atoms with Gasteiger partial charge in [0.1, 0.15) is 5.82 Å². The van der Waals surface area contributed by atoms with Gasteiger partial charge in [-0.1, -0.05) is 153 Å². The molecule has 11 rings (SSSR count). The molecular formula is C51H35N5. The highest BCUT2D eigenvalue weighted by Crippen LogP contribution is 2.49. The lowest BCUT2D eigenvalue weighted by Gasteiger charge is -2.35. The zero-order valence-corrected chi connectivity index (χ0v) is 31.0. The highest BCUT2D eigenvalue weighted by Gasteiger charge is 2.34. The molecule has 1 aliphatic rings. The predicted octanol–water partition coefficient (Wildman–Crippen LogP) is 12.5. The van der Waals surface area contributed by atoms with Crippen LogP contribution in [-0.2, 0) is 5.41 Å². The maximum atomic E-state index is 5.39. The topological polar surface area (TPSA) is 56.5 Å². The van der Waals surface area contributed by atoms with Crippen LogP contribution in [0.1, 0.15) is 25.0 Å². The average Bonchev–Trinajstić information content (AvgIpc) is 3.59. The molecule has 0 bridgehead atoms. The van der Waals surface area contributed by atoms with Gasteiger partial charge in [0.2, 0.25) is 0 Å². The highest BCUT2D eigenvalue weighted by atomic mass is 15.1. The standard InChI is InChI=1S/C51H35N5/c1-51(2)41-20-11-9-18-37(41)40-31-46(52-43-22-13-21-42(51)47(40)43)56-44-23-12-10-19-38(44)39-30-36(28-29-45(39)56)50-54-48(34-16-7-4-8-17-34)53-49(55-50)35-26-24-33(25-27-35)32-14-5-3-6-15-32/h3-31H,1-2H3. The fraction of sp³-hybridized carbons (Fsp3) is 0.0588. The van der Waals surface area contributed by atoms with Crippen molar-refractivity contribution < 1.29 is 0 Å². The molecule has 0 saturated heterocycles. The molecule has 0 atom stereocenters. The van der Waals surface area contributed by atoms with Crippen LogP contribution in [0.25, 0.3) is 94.9 Å². The van der Waals surface area contributed by atoms with Gasteiger partial charge in [0.05, 0.1) is 16.6 Å². The molecule has 0 saturated carbocycles. The van der Waals surface area contributed by atoms with Crippen LogP contribution in [0.4, 0.5) is 0 Å². The Balaban J connectivity index is 1.09. The molecule has 0 radical (unpaired) electrons. The van der Waals surface area contributed by atoms with Crippen LogP contribution in [-0.4, -0.2) is 24.5 Å². The Morgan fingerprint density at radius 3 is 1.71 bits per heavy atom. The Hall–Kier alpha value is -7.24. The number of hydrogen-bond acceptors (Lipinski definition) is 4. The van der Waals surface area contributed by atoms with Crippen molar-refractivity contribution in [1.29, 1.82) is 0 Å². The molecule has 5 nitrogen and oxygen atoms in total. The highest BCUT2D eigenvalue weighted by molar-refractivity contribution is 6.11. The quantitative estimate of drug-likeness (QED) is 0.178. The Labute approximate surface area is 324 Å². The summed E-state index contributed by atoms with van der Waals surface area (Å²) in [5.41, 5.74) is 13.3. The second-order valence-corrected chi connectivity index (χ2v) is 15.1. The molecule has 0 N–H and O–H groups in total. The van der Waals surface area contributed by atoms with Crippen LogP contribution < -0.4 is 0 Å². The number of aromatic nitrogens is 5. The van der Waals surface area contributed by atoms with E-state index < -0.39 is 0 Å². The van der Waals surface area contributed by atoms with Gasteiger partial charge in [-0.05, 0) is 69.8 Å². The van der Waals surface area contributed by atoms with E-state index in [9.17, 15) is 0 Å². The zero-order chi connectivity index (χ0) is 37.4. The Morgan fingerprint density at radius 1 is 0.393 bits per heavy atom. The van der Waals surface area contributed by atoms with Gasteiger partial charge in [-0.15, -0.1) is 0 Å². The van der Waals surface area contributed by atoms with Crippen molar-refractivity contribution in [2.24, 2.45) is 0 Å². The van der Waals surface area contributed by atoms with Crippen LogP contribution in [0.3, 0.4) is 0 Å². The van der Waals surface area contributed by atoms with E-state index in [1.807, 2.05) is 36.4 Å². The SMILES string of the molecule is CC1(C)c2ccccc2-c2cc(-n3c4ccccc4c4cc(-c5nc(-c6ccccc6)nc(-c6ccc(-c7ccccc7)cc6)n5)ccc43)nc3cccc1c23. The third kappa shape index (κ3) is 5.01. The molecule has 1 aliphatic carbocycles. The van der Waals surface area contributed by atoms with E-state index in [1.165, 1.54) is 33.2 Å². The van der Waals surface area contributed by atoms with Crippen molar-refractivity contribution in [3.63, 3.8) is 0 Å². The number of pyridine rings is 1. The summed E-state index contributed by atoms with van der Waals surface area (Å²) in [6.07, 6.45) is 0. The van der Waals surface area contributed by atoms with E-state index in [0.29, 0.717) is 17.5 Å². The van der Waals surface area contributed by atoms with Crippen LogP contribution in [0.5, 0.6) is 0 Å². The molecule has 0 amide bonds. The minimum absolute atomic E-state index is 0.129. The Morgan fingerprint density at radius 2 is 0.946 bits per heavy atom. The maximum Gasteiger partial charge on any atom is 0.164 e. The second-order valence-electron chi connectivity index (χ2n) is 15.1. The Bertz CT molecular complexity index is 3140. The van der Waals surface area contributed by atoms with E-state index >= 15 is 0 Å². The lowest BCUT2D eigenvalue weighted by Crippen LogP contribution is -2.23. The summed E-state index contributed by atoms with van der Waals surface area (Å²) in [4.78, 5) is 20.6. The van der Waals surface area contributed by atoms with E-state index in [-0.39, 0.29) is 5.41 Å². The third-order valence-electron chi connectivity index (χ3n) is 11.5. The second kappa shape index (κ2) is 12.4. The monoisotopic (exact) mass is 717 g/mol. The van der Waals surface area contributed by atoms with Gasteiger partial charge >= 0.3 is 0 Å². The number of benzene rings is 7. The van der Waals surface area contributed by atoms with Crippen molar-refractivity contribution >= 4 is 32.7 Å². The van der Waals surface area contributed by atoms with Gasteiger partial charge in [-0.2, -0.15) is 0 Å². The number of hydrogen-bond donors (Lipinski definition) is 0. The van der Waals surface area contributed by atoms with Crippen molar-refractivity contribution in [3.05, 3.63) is 187 Å². The molecule has 264 valence electrons. The van der Waals surface area contributed by atoms with Gasteiger partial charge in [-0.25, -0.2) is 19.9 Å². The van der Waals surface area contributed by atoms with Gasteiger partial charge in [0.15, 0.2) is 17.5 Å². The van der Waals surface area contributed by atoms with Crippen molar-refractivity contribution in [2.75, 3.05) is 0 Å². The third-order valence-corrected chi connectivity index (χ3v) is 11.5. The molecular weight excluding hydrogens is 683 g/mol. The van der Waals surface area contributed by atoms with Crippen molar-refractivity contribution in [1.82, 2.24) is 24.5 Å². The first-order valence-corrected chi connectivity index (χ1v) is 19.1. The lowest BCUT2D eigenvalue weighted by atomic mass is 9.69. The normalized spacial score (nSPS) is 13.0. The summed E-state index contributed by atoms with van der Waals surface area (Å²) >= 11 is 0. The van der Waals surface area contributed by atoms with E-state index in [2.05, 4.69) is 158 Å². The lowest BCUT2D eigenvalue weighted by molar-refractivity contribution is 0.645. The molecule has 7 aromatic carbocycles. The molecule has 10 aromatic rings. The van der Waals surface area contributed by atoms with Crippen LogP contribution in [0.15, 0.2) is 176 Å². The molecule has 56 heavy (non-hydrogen) atoms. The van der Waals surface area contributed by atoms with Gasteiger partial charge in [-0.3, -0.25) is 4.57 Å². The molecule has 0 spiro atoms. The molecule has 3 heterocycles. The van der Waals surface area contributed by atoms with Crippen LogP contribution in [0.2, 0.25) is 0 Å². The van der Waals surface area contributed by atoms with Crippen LogP contribution >= 0.6 is 0 Å². The smallest absolute Gasteiger partial charge is 0.164 e. The predicted molar refractivity (Wildman–Crippen MR) is 229 cm³/mol. The van der Waals surface area contributed by atoms with Crippen molar-refractivity contribution in [2.45, 2.75) is 19.3 Å². The van der Waals surface area contributed by atoms with Crippen molar-refractivity contribution in [3.8, 4) is 62.2 Å². The molecule has 0 fully saturated rings. The number of para-hydroxylation sites is 1. The minimum atomic E-state index is -0.129. The summed E-state index contributed by atoms with van der Waals surface area (Å²) < 4.78 is 2.31. The van der Waals surface area contributed by atoms with Gasteiger partial charge < -0.3 is 0 Å². The first-order valence-electron chi connectivity index (χ1n) is 19.1. The number of fused-ring (bicyclic) bond motifs is 5. The molecule has 0 unspecified atom stereocenters. The van der Waals surface area contributed by atoms with E-state index in [1.54, 1.807) is 0 Å². The number of rotatable bonds is 5. The fourth-order valence-corrected chi connectivity index (χ4v) is 8.68. The summed E-state index contributed by atoms with van der Waals surface area (Å²) in [6, 6.07) is 61.8. The molecule has 3 aromatic heterocycles. The number of nitrogens with zero attached hydrogens (tertiary/aromatic N) is 5. The zero-order valence-electron chi connectivity index (χ0n) is 31.0. The average molecular weight is 718 g/mol. The van der Waals surface area contributed by atoms with Crippen LogP contribution in [0, 0.1) is 0 Å². The first kappa shape index (κ1) is 32.2. The summed E-state index contributed by atoms with van der Waals surface area (Å²) in [5, 5.41) is 3.49. The minimum Gasteiger partial charge on any atom is -0.294 e. The first-order chi connectivity index (χ1) is 27.5.